The first-order valence-electron chi connectivity index (χ1n) is 5.76. The summed E-state index contributed by atoms with van der Waals surface area (Å²) in [6.07, 6.45) is 0. The Labute approximate surface area is 112 Å². The van der Waals surface area contributed by atoms with E-state index in [1.807, 2.05) is 0 Å². The molecule has 0 spiro atoms. The highest BCUT2D eigenvalue weighted by Crippen LogP contribution is 2.36. The zero-order valence-corrected chi connectivity index (χ0v) is 11.3. The fourth-order valence-electron chi connectivity index (χ4n) is 1.99. The predicted molar refractivity (Wildman–Crippen MR) is 69.7 cm³/mol. The summed E-state index contributed by atoms with van der Waals surface area (Å²) in [5.41, 5.74) is 6.76. The van der Waals surface area contributed by atoms with Crippen LogP contribution in [0.3, 0.4) is 0 Å². The molecule has 0 radical (unpaired) electrons. The van der Waals surface area contributed by atoms with Gasteiger partial charge < -0.3 is 25.1 Å². The molecule has 0 aliphatic carbocycles. The van der Waals surface area contributed by atoms with Gasteiger partial charge in [-0.25, -0.2) is 0 Å². The van der Waals surface area contributed by atoms with E-state index in [0.717, 1.165) is 0 Å². The Hall–Kier alpha value is -1.79. The van der Waals surface area contributed by atoms with Gasteiger partial charge in [0.2, 0.25) is 0 Å². The fraction of sp³-hybridized carbons (Fsp3) is 0.462. The van der Waals surface area contributed by atoms with Gasteiger partial charge in [0, 0.05) is 19.2 Å². The molecule has 1 aromatic carbocycles. The first-order valence-corrected chi connectivity index (χ1v) is 5.76. The number of ether oxygens (including phenoxy) is 3. The van der Waals surface area contributed by atoms with Gasteiger partial charge in [0.05, 0.1) is 26.7 Å². The van der Waals surface area contributed by atoms with Gasteiger partial charge in [-0.05, 0) is 11.6 Å². The van der Waals surface area contributed by atoms with Crippen molar-refractivity contribution in [2.24, 2.45) is 5.73 Å². The van der Waals surface area contributed by atoms with Crippen LogP contribution in [0, 0.1) is 0 Å². The smallest absolute Gasteiger partial charge is 0.312 e. The van der Waals surface area contributed by atoms with Crippen LogP contribution in [0.4, 0.5) is 0 Å². The first kappa shape index (κ1) is 15.3. The van der Waals surface area contributed by atoms with E-state index in [2.05, 4.69) is 0 Å². The molecule has 0 fully saturated rings. The van der Waals surface area contributed by atoms with Crippen molar-refractivity contribution in [3.63, 3.8) is 0 Å². The van der Waals surface area contributed by atoms with E-state index in [4.69, 9.17) is 19.9 Å². The molecule has 0 heterocycles. The average Bonchev–Trinajstić information content (AvgIpc) is 2.40. The number of aliphatic carboxylic acids is 1. The van der Waals surface area contributed by atoms with Gasteiger partial charge in [-0.2, -0.15) is 0 Å². The van der Waals surface area contributed by atoms with Crippen molar-refractivity contribution in [3.05, 3.63) is 23.3 Å². The number of carbonyl (C=O) groups is 1. The van der Waals surface area contributed by atoms with Gasteiger partial charge in [-0.1, -0.05) is 6.07 Å². The van der Waals surface area contributed by atoms with Gasteiger partial charge >= 0.3 is 5.97 Å². The third-order valence-electron chi connectivity index (χ3n) is 2.88. The standard InChI is InChI=1S/C13H19NO5/c1-17-7-10-8(9(6-14)13(15)16)4-5-11(18-2)12(10)19-3/h4-5,9H,6-7,14H2,1-3H3,(H,15,16). The Morgan fingerprint density at radius 2 is 2.00 bits per heavy atom. The molecule has 0 bridgehead atoms. The third-order valence-corrected chi connectivity index (χ3v) is 2.88. The van der Waals surface area contributed by atoms with Gasteiger partial charge in [0.15, 0.2) is 11.5 Å². The third kappa shape index (κ3) is 3.15. The van der Waals surface area contributed by atoms with E-state index in [1.54, 1.807) is 12.1 Å². The van der Waals surface area contributed by atoms with E-state index >= 15 is 0 Å². The summed E-state index contributed by atoms with van der Waals surface area (Å²) in [5, 5.41) is 9.22. The van der Waals surface area contributed by atoms with Gasteiger partial charge in [0.1, 0.15) is 0 Å². The molecule has 0 saturated heterocycles. The van der Waals surface area contributed by atoms with E-state index in [0.29, 0.717) is 22.6 Å². The highest BCUT2D eigenvalue weighted by atomic mass is 16.5. The Morgan fingerprint density at radius 3 is 2.42 bits per heavy atom. The lowest BCUT2D eigenvalue weighted by Gasteiger charge is -2.19. The SMILES string of the molecule is COCc1c(C(CN)C(=O)O)ccc(OC)c1OC. The van der Waals surface area contributed by atoms with Gasteiger partial charge in [-0.15, -0.1) is 0 Å². The Balaban J connectivity index is 3.42. The van der Waals surface area contributed by atoms with Gasteiger partial charge in [-0.3, -0.25) is 4.79 Å². The second-order valence-electron chi connectivity index (χ2n) is 3.93. The summed E-state index contributed by atoms with van der Waals surface area (Å²) in [6.45, 7) is 0.223. The van der Waals surface area contributed by atoms with E-state index in [-0.39, 0.29) is 13.2 Å². The van der Waals surface area contributed by atoms with Crippen LogP contribution in [-0.2, 0) is 16.1 Å². The monoisotopic (exact) mass is 269 g/mol. The van der Waals surface area contributed by atoms with Gasteiger partial charge in [0.25, 0.3) is 0 Å². The number of carboxylic acid groups (broad SMARTS) is 1. The maximum absolute atomic E-state index is 11.2. The van der Waals surface area contributed by atoms with Crippen LogP contribution in [0.15, 0.2) is 12.1 Å². The predicted octanol–water partition coefficient (Wildman–Crippen LogP) is 0.977. The van der Waals surface area contributed by atoms with E-state index in [1.165, 1.54) is 21.3 Å². The van der Waals surface area contributed by atoms with Crippen LogP contribution in [0.2, 0.25) is 0 Å². The summed E-state index contributed by atoms with van der Waals surface area (Å²) in [7, 11) is 4.55. The molecule has 106 valence electrons. The molecule has 0 saturated carbocycles. The van der Waals surface area contributed by atoms with Crippen molar-refractivity contribution in [3.8, 4) is 11.5 Å². The summed E-state index contributed by atoms with van der Waals surface area (Å²) in [4.78, 5) is 11.2. The van der Waals surface area contributed by atoms with Crippen molar-refractivity contribution in [1.29, 1.82) is 0 Å². The average molecular weight is 269 g/mol. The quantitative estimate of drug-likeness (QED) is 0.766. The molecule has 3 N–H and O–H groups in total. The number of benzene rings is 1. The molecule has 0 amide bonds. The molecule has 19 heavy (non-hydrogen) atoms. The molecule has 0 aliphatic heterocycles. The largest absolute Gasteiger partial charge is 0.493 e. The van der Waals surface area contributed by atoms with Crippen molar-refractivity contribution < 1.29 is 24.1 Å². The highest BCUT2D eigenvalue weighted by molar-refractivity contribution is 5.77. The van der Waals surface area contributed by atoms with Crippen molar-refractivity contribution >= 4 is 5.97 Å². The van der Waals surface area contributed by atoms with Crippen LogP contribution < -0.4 is 15.2 Å². The molecular formula is C13H19NO5. The molecule has 0 aliphatic rings. The number of hydrogen-bond acceptors (Lipinski definition) is 5. The summed E-state index contributed by atoms with van der Waals surface area (Å²) >= 11 is 0. The number of carboxylic acids is 1. The van der Waals surface area contributed by atoms with Crippen molar-refractivity contribution in [2.75, 3.05) is 27.9 Å². The minimum Gasteiger partial charge on any atom is -0.493 e. The molecule has 1 rings (SSSR count). The van der Waals surface area contributed by atoms with E-state index in [9.17, 15) is 9.90 Å². The minimum atomic E-state index is -0.980. The Morgan fingerprint density at radius 1 is 1.32 bits per heavy atom. The number of hydrogen-bond donors (Lipinski definition) is 2. The maximum atomic E-state index is 11.2. The molecule has 1 unspecified atom stereocenters. The normalized spacial score (nSPS) is 12.0. The lowest BCUT2D eigenvalue weighted by atomic mass is 9.93. The number of methoxy groups -OCH3 is 3. The second-order valence-corrected chi connectivity index (χ2v) is 3.93. The first-order chi connectivity index (χ1) is 9.10. The zero-order chi connectivity index (χ0) is 14.4. The van der Waals surface area contributed by atoms with Crippen molar-refractivity contribution in [2.45, 2.75) is 12.5 Å². The molecular weight excluding hydrogens is 250 g/mol. The molecule has 1 atom stereocenters. The molecule has 6 nitrogen and oxygen atoms in total. The summed E-state index contributed by atoms with van der Waals surface area (Å²) in [5.74, 6) is -0.780. The van der Waals surface area contributed by atoms with Crippen LogP contribution >= 0.6 is 0 Å². The van der Waals surface area contributed by atoms with Crippen LogP contribution in [0.25, 0.3) is 0 Å². The molecule has 6 heteroatoms. The van der Waals surface area contributed by atoms with E-state index < -0.39 is 11.9 Å². The van der Waals surface area contributed by atoms with Crippen LogP contribution in [0.1, 0.15) is 17.0 Å². The Bertz CT molecular complexity index is 447. The minimum absolute atomic E-state index is 0.00152. The maximum Gasteiger partial charge on any atom is 0.312 e. The summed E-state index contributed by atoms with van der Waals surface area (Å²) in [6, 6.07) is 3.35. The second kappa shape index (κ2) is 6.96. The lowest BCUT2D eigenvalue weighted by molar-refractivity contribution is -0.138. The van der Waals surface area contributed by atoms with Crippen LogP contribution in [0.5, 0.6) is 11.5 Å². The Kier molecular flexibility index (Phi) is 5.59. The molecule has 0 aromatic heterocycles. The lowest BCUT2D eigenvalue weighted by Crippen LogP contribution is -2.23. The van der Waals surface area contributed by atoms with Crippen molar-refractivity contribution in [1.82, 2.24) is 0 Å². The molecule has 1 aromatic rings. The highest BCUT2D eigenvalue weighted by Gasteiger charge is 2.25. The summed E-state index contributed by atoms with van der Waals surface area (Å²) < 4.78 is 15.6. The zero-order valence-electron chi connectivity index (χ0n) is 11.3. The topological polar surface area (TPSA) is 91.0 Å². The van der Waals surface area contributed by atoms with Crippen LogP contribution in [-0.4, -0.2) is 38.9 Å². The number of nitrogens with two attached hydrogens (primary N) is 1. The number of rotatable bonds is 7. The fourth-order valence-corrected chi connectivity index (χ4v) is 1.99.